The number of hydrogen-bond acceptors (Lipinski definition) is 5. The zero-order valence-corrected chi connectivity index (χ0v) is 9.73. The number of nitrogens with one attached hydrogen (secondary N) is 1. The Morgan fingerprint density at radius 2 is 2.19 bits per heavy atom. The van der Waals surface area contributed by atoms with E-state index in [-0.39, 0.29) is 11.9 Å². The number of carbonyl (C=O) groups excluding carboxylic acids is 1. The molecule has 1 unspecified atom stereocenters. The van der Waals surface area contributed by atoms with E-state index in [9.17, 15) is 4.79 Å². The van der Waals surface area contributed by atoms with Crippen LogP contribution in [0.25, 0.3) is 0 Å². The molecule has 3 N–H and O–H groups in total. The van der Waals surface area contributed by atoms with Crippen LogP contribution in [-0.4, -0.2) is 24.1 Å². The van der Waals surface area contributed by atoms with E-state index in [0.717, 1.165) is 0 Å². The normalized spacial score (nSPS) is 12.2. The van der Waals surface area contributed by atoms with Crippen LogP contribution in [0.3, 0.4) is 0 Å². The van der Waals surface area contributed by atoms with Gasteiger partial charge in [-0.2, -0.15) is 0 Å². The minimum atomic E-state index is -0.395. The summed E-state index contributed by atoms with van der Waals surface area (Å²) in [6.45, 7) is 3.88. The Morgan fingerprint density at radius 3 is 2.69 bits per heavy atom. The number of rotatable bonds is 4. The molecular weight excluding hydrogens is 206 g/mol. The van der Waals surface area contributed by atoms with Gasteiger partial charge in [0.05, 0.1) is 24.7 Å². The fourth-order valence-electron chi connectivity index (χ4n) is 1.34. The molecule has 0 saturated carbocycles. The van der Waals surface area contributed by atoms with E-state index in [1.165, 1.54) is 7.11 Å². The first kappa shape index (κ1) is 12.3. The Hall–Kier alpha value is -1.78. The Balaban J connectivity index is 2.79. The molecule has 0 aliphatic heterocycles. The van der Waals surface area contributed by atoms with E-state index in [2.05, 4.69) is 10.3 Å². The Kier molecular flexibility index (Phi) is 4.10. The van der Waals surface area contributed by atoms with Crippen molar-refractivity contribution in [3.63, 3.8) is 0 Å². The Morgan fingerprint density at radius 1 is 1.50 bits per heavy atom. The summed E-state index contributed by atoms with van der Waals surface area (Å²) in [4.78, 5) is 15.4. The lowest BCUT2D eigenvalue weighted by Crippen LogP contribution is -2.35. The number of ether oxygens (including phenoxy) is 1. The summed E-state index contributed by atoms with van der Waals surface area (Å²) in [7, 11) is 1.37. The van der Waals surface area contributed by atoms with Crippen LogP contribution in [-0.2, 0) is 9.53 Å². The lowest BCUT2D eigenvalue weighted by atomic mass is 10.0. The number of nitrogens with two attached hydrogens (primary N) is 1. The van der Waals surface area contributed by atoms with Crippen LogP contribution < -0.4 is 11.1 Å². The van der Waals surface area contributed by atoms with Crippen LogP contribution in [0.15, 0.2) is 18.5 Å². The molecule has 0 aliphatic rings. The van der Waals surface area contributed by atoms with Crippen LogP contribution in [0, 0.1) is 5.92 Å². The first-order valence-electron chi connectivity index (χ1n) is 5.09. The van der Waals surface area contributed by atoms with E-state index in [4.69, 9.17) is 10.5 Å². The maximum atomic E-state index is 11.5. The van der Waals surface area contributed by atoms with Crippen molar-refractivity contribution < 1.29 is 9.53 Å². The third kappa shape index (κ3) is 3.12. The number of esters is 1. The van der Waals surface area contributed by atoms with Gasteiger partial charge in [-0.1, -0.05) is 13.8 Å². The molecule has 16 heavy (non-hydrogen) atoms. The van der Waals surface area contributed by atoms with Gasteiger partial charge in [0.2, 0.25) is 0 Å². The quantitative estimate of drug-likeness (QED) is 0.752. The summed E-state index contributed by atoms with van der Waals surface area (Å²) < 4.78 is 4.72. The number of methoxy groups -OCH3 is 1. The van der Waals surface area contributed by atoms with Crippen molar-refractivity contribution in [2.75, 3.05) is 18.2 Å². The molecule has 0 aliphatic carbocycles. The van der Waals surface area contributed by atoms with Crippen molar-refractivity contribution in [3.8, 4) is 0 Å². The fourth-order valence-corrected chi connectivity index (χ4v) is 1.34. The van der Waals surface area contributed by atoms with Crippen LogP contribution in [0.5, 0.6) is 0 Å². The van der Waals surface area contributed by atoms with E-state index in [1.54, 1.807) is 18.5 Å². The molecule has 1 aromatic heterocycles. The SMILES string of the molecule is COC(=O)C(Nc1cncc(N)c1)C(C)C. The highest BCUT2D eigenvalue weighted by Gasteiger charge is 2.22. The molecule has 1 aromatic rings. The molecule has 0 aromatic carbocycles. The highest BCUT2D eigenvalue weighted by atomic mass is 16.5. The van der Waals surface area contributed by atoms with Gasteiger partial charge in [0.15, 0.2) is 0 Å². The minimum Gasteiger partial charge on any atom is -0.467 e. The lowest BCUT2D eigenvalue weighted by molar-refractivity contribution is -0.142. The molecule has 0 saturated heterocycles. The molecule has 0 radical (unpaired) electrons. The topological polar surface area (TPSA) is 77.2 Å². The summed E-state index contributed by atoms with van der Waals surface area (Å²) in [6, 6.07) is 1.33. The smallest absolute Gasteiger partial charge is 0.328 e. The first-order chi connectivity index (χ1) is 7.54. The number of carbonyl (C=O) groups is 1. The number of aromatic nitrogens is 1. The van der Waals surface area contributed by atoms with E-state index in [0.29, 0.717) is 11.4 Å². The van der Waals surface area contributed by atoms with Crippen LogP contribution in [0.1, 0.15) is 13.8 Å². The molecule has 0 spiro atoms. The first-order valence-corrected chi connectivity index (χ1v) is 5.09. The third-order valence-corrected chi connectivity index (χ3v) is 2.20. The second kappa shape index (κ2) is 5.34. The van der Waals surface area contributed by atoms with Crippen molar-refractivity contribution >= 4 is 17.3 Å². The molecule has 5 heteroatoms. The van der Waals surface area contributed by atoms with Crippen molar-refractivity contribution in [2.24, 2.45) is 5.92 Å². The summed E-state index contributed by atoms with van der Waals surface area (Å²) in [5.41, 5.74) is 6.87. The van der Waals surface area contributed by atoms with Crippen LogP contribution >= 0.6 is 0 Å². The molecule has 0 fully saturated rings. The van der Waals surface area contributed by atoms with Gasteiger partial charge in [-0.15, -0.1) is 0 Å². The predicted molar refractivity (Wildman–Crippen MR) is 62.9 cm³/mol. The second-order valence-corrected chi connectivity index (χ2v) is 3.90. The standard InChI is InChI=1S/C11H17N3O2/c1-7(2)10(11(15)16-3)14-9-4-8(12)5-13-6-9/h4-7,10,14H,12H2,1-3H3. The number of nitrogen functional groups attached to an aromatic ring is 1. The highest BCUT2D eigenvalue weighted by Crippen LogP contribution is 2.15. The maximum Gasteiger partial charge on any atom is 0.328 e. The van der Waals surface area contributed by atoms with Crippen molar-refractivity contribution in [1.82, 2.24) is 4.98 Å². The molecule has 1 heterocycles. The molecular formula is C11H17N3O2. The molecule has 0 amide bonds. The third-order valence-electron chi connectivity index (χ3n) is 2.20. The summed E-state index contributed by atoms with van der Waals surface area (Å²) in [5, 5.41) is 3.05. The molecule has 5 nitrogen and oxygen atoms in total. The van der Waals surface area contributed by atoms with Gasteiger partial charge in [0, 0.05) is 6.20 Å². The van der Waals surface area contributed by atoms with E-state index in [1.807, 2.05) is 13.8 Å². The Bertz CT molecular complexity index is 366. The number of nitrogens with zero attached hydrogens (tertiary/aromatic N) is 1. The largest absolute Gasteiger partial charge is 0.467 e. The van der Waals surface area contributed by atoms with Gasteiger partial charge >= 0.3 is 5.97 Å². The van der Waals surface area contributed by atoms with Gasteiger partial charge < -0.3 is 15.8 Å². The summed E-state index contributed by atoms with van der Waals surface area (Å²) >= 11 is 0. The highest BCUT2D eigenvalue weighted by molar-refractivity contribution is 5.79. The van der Waals surface area contributed by atoms with E-state index < -0.39 is 6.04 Å². The zero-order chi connectivity index (χ0) is 12.1. The van der Waals surface area contributed by atoms with Gasteiger partial charge in [0.1, 0.15) is 6.04 Å². The van der Waals surface area contributed by atoms with E-state index >= 15 is 0 Å². The monoisotopic (exact) mass is 223 g/mol. The van der Waals surface area contributed by atoms with Gasteiger partial charge in [-0.25, -0.2) is 4.79 Å². The molecule has 0 bridgehead atoms. The average Bonchev–Trinajstić information content (AvgIpc) is 2.24. The molecule has 1 rings (SSSR count). The molecule has 88 valence electrons. The van der Waals surface area contributed by atoms with Crippen molar-refractivity contribution in [3.05, 3.63) is 18.5 Å². The number of hydrogen-bond donors (Lipinski definition) is 2. The summed E-state index contributed by atoms with van der Waals surface area (Å²) in [6.07, 6.45) is 3.17. The van der Waals surface area contributed by atoms with Crippen molar-refractivity contribution in [2.45, 2.75) is 19.9 Å². The van der Waals surface area contributed by atoms with Crippen LogP contribution in [0.2, 0.25) is 0 Å². The summed E-state index contributed by atoms with van der Waals surface area (Å²) in [5.74, 6) is -0.175. The number of anilines is 2. The fraction of sp³-hybridized carbons (Fsp3) is 0.455. The number of pyridine rings is 1. The zero-order valence-electron chi connectivity index (χ0n) is 9.73. The minimum absolute atomic E-state index is 0.119. The lowest BCUT2D eigenvalue weighted by Gasteiger charge is -2.20. The van der Waals surface area contributed by atoms with Gasteiger partial charge in [-0.05, 0) is 12.0 Å². The average molecular weight is 223 g/mol. The Labute approximate surface area is 95.0 Å². The maximum absolute atomic E-state index is 11.5. The predicted octanol–water partition coefficient (Wildman–Crippen LogP) is 1.27. The van der Waals surface area contributed by atoms with Gasteiger partial charge in [-0.3, -0.25) is 4.98 Å². The van der Waals surface area contributed by atoms with Crippen molar-refractivity contribution in [1.29, 1.82) is 0 Å². The van der Waals surface area contributed by atoms with Gasteiger partial charge in [0.25, 0.3) is 0 Å². The molecule has 1 atom stereocenters. The van der Waals surface area contributed by atoms with Crippen LogP contribution in [0.4, 0.5) is 11.4 Å². The second-order valence-electron chi connectivity index (χ2n) is 3.90.